The Labute approximate surface area is 217 Å². The van der Waals surface area contributed by atoms with Crippen molar-refractivity contribution >= 4 is 24.3 Å². The first-order valence-corrected chi connectivity index (χ1v) is 12.5. The van der Waals surface area contributed by atoms with E-state index in [4.69, 9.17) is 9.84 Å². The number of likely N-dealkylation sites (tertiary alicyclic amines) is 1. The van der Waals surface area contributed by atoms with Gasteiger partial charge >= 0.3 is 5.97 Å². The Balaban J connectivity index is 0.00000304. The van der Waals surface area contributed by atoms with Crippen molar-refractivity contribution in [2.45, 2.75) is 44.1 Å². The van der Waals surface area contributed by atoms with E-state index >= 15 is 0 Å². The van der Waals surface area contributed by atoms with Gasteiger partial charge < -0.3 is 20.1 Å². The predicted molar refractivity (Wildman–Crippen MR) is 138 cm³/mol. The third-order valence-corrected chi connectivity index (χ3v) is 7.92. The molecule has 8 heteroatoms. The van der Waals surface area contributed by atoms with E-state index in [0.29, 0.717) is 28.9 Å². The van der Waals surface area contributed by atoms with Crippen LogP contribution in [0.5, 0.6) is 5.75 Å². The molecule has 2 aromatic carbocycles. The van der Waals surface area contributed by atoms with Crippen molar-refractivity contribution in [3.05, 3.63) is 64.7 Å². The highest BCUT2D eigenvalue weighted by Crippen LogP contribution is 2.42. The van der Waals surface area contributed by atoms with Crippen LogP contribution in [0.1, 0.15) is 69.9 Å². The topological polar surface area (TPSA) is 103 Å². The number of carbonyl (C=O) groups is 2. The van der Waals surface area contributed by atoms with Gasteiger partial charge in [-0.25, -0.2) is 4.79 Å². The van der Waals surface area contributed by atoms with Crippen molar-refractivity contribution in [3.63, 3.8) is 0 Å². The number of carboxylic acid groups (broad SMARTS) is 1. The van der Waals surface area contributed by atoms with Gasteiger partial charge in [0.15, 0.2) is 0 Å². The largest absolute Gasteiger partial charge is 0.493 e. The van der Waals surface area contributed by atoms with Crippen molar-refractivity contribution < 1.29 is 19.4 Å². The Morgan fingerprint density at radius 2 is 1.86 bits per heavy atom. The van der Waals surface area contributed by atoms with Gasteiger partial charge in [-0.3, -0.25) is 4.79 Å². The Bertz CT molecular complexity index is 1160. The van der Waals surface area contributed by atoms with E-state index in [2.05, 4.69) is 16.3 Å². The Morgan fingerprint density at radius 3 is 2.61 bits per heavy atom. The average molecular weight is 510 g/mol. The lowest BCUT2D eigenvalue weighted by atomic mass is 9.84. The van der Waals surface area contributed by atoms with Crippen LogP contribution in [0, 0.1) is 23.2 Å². The lowest BCUT2D eigenvalue weighted by Crippen LogP contribution is -2.38. The maximum Gasteiger partial charge on any atom is 0.335 e. The molecule has 3 aliphatic rings. The van der Waals surface area contributed by atoms with Crippen LogP contribution in [-0.2, 0) is 0 Å². The normalized spacial score (nSPS) is 24.9. The summed E-state index contributed by atoms with van der Waals surface area (Å²) in [6.07, 6.45) is 5.26. The number of carboxylic acids is 1. The number of carbonyl (C=O) groups excluding carboxylic acids is 1. The summed E-state index contributed by atoms with van der Waals surface area (Å²) in [6.45, 7) is 3.89. The molecule has 36 heavy (non-hydrogen) atoms. The number of nitriles is 1. The zero-order valence-corrected chi connectivity index (χ0v) is 21.0. The van der Waals surface area contributed by atoms with Crippen LogP contribution in [0.25, 0.3) is 0 Å². The van der Waals surface area contributed by atoms with Gasteiger partial charge in [-0.05, 0) is 81.0 Å². The molecule has 1 saturated carbocycles. The van der Waals surface area contributed by atoms with E-state index in [1.807, 2.05) is 18.2 Å². The van der Waals surface area contributed by atoms with E-state index in [-0.39, 0.29) is 29.9 Å². The molecule has 0 aromatic heterocycles. The number of hydrogen-bond donors (Lipinski definition) is 2. The summed E-state index contributed by atoms with van der Waals surface area (Å²) in [5.41, 5.74) is 2.41. The summed E-state index contributed by atoms with van der Waals surface area (Å²) in [5.74, 6) is 1.30. The Morgan fingerprint density at radius 1 is 1.08 bits per heavy atom. The van der Waals surface area contributed by atoms with Gasteiger partial charge in [0.2, 0.25) is 0 Å². The molecule has 1 amide bonds. The quantitative estimate of drug-likeness (QED) is 0.595. The van der Waals surface area contributed by atoms with Crippen molar-refractivity contribution in [2.24, 2.45) is 11.8 Å². The van der Waals surface area contributed by atoms with E-state index in [0.717, 1.165) is 64.1 Å². The van der Waals surface area contributed by atoms with Crippen LogP contribution in [-0.4, -0.2) is 54.2 Å². The molecule has 1 saturated heterocycles. The molecule has 7 nitrogen and oxygen atoms in total. The first kappa shape index (κ1) is 26.0. The maximum absolute atomic E-state index is 12.6. The molecular weight excluding hydrogens is 478 g/mol. The summed E-state index contributed by atoms with van der Waals surface area (Å²) >= 11 is 0. The first-order chi connectivity index (χ1) is 17.0. The smallest absolute Gasteiger partial charge is 0.335 e. The number of amides is 1. The minimum Gasteiger partial charge on any atom is -0.493 e. The zero-order valence-electron chi connectivity index (χ0n) is 20.2. The summed E-state index contributed by atoms with van der Waals surface area (Å²) in [5, 5.41) is 21.5. The molecular formula is C28H32ClN3O4. The van der Waals surface area contributed by atoms with Crippen molar-refractivity contribution in [1.29, 1.82) is 5.26 Å². The standard InChI is InChI=1S/C28H31N3O4.ClH/c29-14-19-6-9-26-24(12-19)25-16-31(15-22(25)17-35-26)11-10-18-4-7-23(8-5-18)30-27(32)20-2-1-3-21(13-20)28(33)34;/h1-3,6,9,12-13,18,22-23,25H,4-5,7-8,10-11,15-17H2,(H,30,32)(H,33,34);1H/t18-,22-,23-,25+;/m0./s1. The SMILES string of the molecule is Cl.N#Cc1ccc2c(c1)[C@@H]1CN(CC[C@H]3CC[C@H](NC(=O)c4cccc(C(=O)O)c4)CC3)C[C@H]1CO2. The molecule has 0 unspecified atom stereocenters. The van der Waals surface area contributed by atoms with Crippen molar-refractivity contribution in [2.75, 3.05) is 26.2 Å². The van der Waals surface area contributed by atoms with Crippen LogP contribution < -0.4 is 10.1 Å². The first-order valence-electron chi connectivity index (χ1n) is 12.5. The lowest BCUT2D eigenvalue weighted by Gasteiger charge is -2.30. The molecule has 2 N–H and O–H groups in total. The fraction of sp³-hybridized carbons (Fsp3) is 0.464. The van der Waals surface area contributed by atoms with Crippen LogP contribution in [0.15, 0.2) is 42.5 Å². The minimum absolute atomic E-state index is 0. The molecule has 2 heterocycles. The Kier molecular flexibility index (Phi) is 8.17. The molecule has 190 valence electrons. The third-order valence-electron chi connectivity index (χ3n) is 7.92. The number of hydrogen-bond acceptors (Lipinski definition) is 5. The van der Waals surface area contributed by atoms with Gasteiger partial charge in [0.25, 0.3) is 5.91 Å². The monoisotopic (exact) mass is 509 g/mol. The number of halogens is 1. The molecule has 0 spiro atoms. The molecule has 2 fully saturated rings. The highest BCUT2D eigenvalue weighted by molar-refractivity contribution is 5.97. The van der Waals surface area contributed by atoms with Crippen LogP contribution in [0.2, 0.25) is 0 Å². The summed E-state index contributed by atoms with van der Waals surface area (Å²) in [7, 11) is 0. The second-order valence-corrected chi connectivity index (χ2v) is 10.2. The van der Waals surface area contributed by atoms with Gasteiger partial charge in [0.05, 0.1) is 23.8 Å². The molecule has 1 aliphatic carbocycles. The summed E-state index contributed by atoms with van der Waals surface area (Å²) < 4.78 is 5.97. The number of nitrogens with zero attached hydrogens (tertiary/aromatic N) is 2. The highest BCUT2D eigenvalue weighted by atomic mass is 35.5. The Hall–Kier alpha value is -3.08. The molecule has 2 aromatic rings. The second kappa shape index (κ2) is 11.3. The number of benzene rings is 2. The van der Waals surface area contributed by atoms with E-state index in [1.165, 1.54) is 17.7 Å². The maximum atomic E-state index is 12.6. The third kappa shape index (κ3) is 5.66. The average Bonchev–Trinajstić information content (AvgIpc) is 3.32. The fourth-order valence-electron chi connectivity index (χ4n) is 5.92. The number of nitrogens with one attached hydrogen (secondary N) is 1. The second-order valence-electron chi connectivity index (χ2n) is 10.2. The van der Waals surface area contributed by atoms with Gasteiger partial charge in [0.1, 0.15) is 5.75 Å². The van der Waals surface area contributed by atoms with Crippen LogP contribution >= 0.6 is 12.4 Å². The van der Waals surface area contributed by atoms with E-state index in [9.17, 15) is 14.9 Å². The minimum atomic E-state index is -1.03. The number of rotatable bonds is 6. The van der Waals surface area contributed by atoms with Gasteiger partial charge in [-0.1, -0.05) is 6.07 Å². The van der Waals surface area contributed by atoms with Gasteiger partial charge in [-0.2, -0.15) is 5.26 Å². The summed E-state index contributed by atoms with van der Waals surface area (Å²) in [4.78, 5) is 26.3. The zero-order chi connectivity index (χ0) is 24.4. The lowest BCUT2D eigenvalue weighted by molar-refractivity contribution is 0.0697. The van der Waals surface area contributed by atoms with Gasteiger partial charge in [0, 0.05) is 42.1 Å². The number of fused-ring (bicyclic) bond motifs is 3. The highest BCUT2D eigenvalue weighted by Gasteiger charge is 2.39. The number of ether oxygens (including phenoxy) is 1. The van der Waals surface area contributed by atoms with E-state index < -0.39 is 5.97 Å². The molecule has 0 radical (unpaired) electrons. The van der Waals surface area contributed by atoms with Crippen molar-refractivity contribution in [3.8, 4) is 11.8 Å². The number of aromatic carboxylic acids is 1. The van der Waals surface area contributed by atoms with Crippen LogP contribution in [0.3, 0.4) is 0 Å². The molecule has 5 rings (SSSR count). The van der Waals surface area contributed by atoms with Crippen molar-refractivity contribution in [1.82, 2.24) is 10.2 Å². The molecule has 2 aliphatic heterocycles. The molecule has 0 bridgehead atoms. The predicted octanol–water partition coefficient (Wildman–Crippen LogP) is 4.46. The van der Waals surface area contributed by atoms with Gasteiger partial charge in [-0.15, -0.1) is 12.4 Å². The molecule has 2 atom stereocenters. The fourth-order valence-corrected chi connectivity index (χ4v) is 5.92. The summed E-state index contributed by atoms with van der Waals surface area (Å²) in [6, 6.07) is 14.4. The van der Waals surface area contributed by atoms with E-state index in [1.54, 1.807) is 12.1 Å². The van der Waals surface area contributed by atoms with Crippen LogP contribution in [0.4, 0.5) is 0 Å².